The maximum Gasteiger partial charge on any atom is 0.348 e. The predicted octanol–water partition coefficient (Wildman–Crippen LogP) is 3.40. The number of pyridine rings is 1. The first kappa shape index (κ1) is 37.9. The van der Waals surface area contributed by atoms with Gasteiger partial charge in [0, 0.05) is 35.8 Å². The predicted molar refractivity (Wildman–Crippen MR) is 181 cm³/mol. The first-order chi connectivity index (χ1) is 23.2. The Morgan fingerprint density at radius 2 is 1.20 bits per heavy atom. The van der Waals surface area contributed by atoms with Gasteiger partial charge in [0.2, 0.25) is 17.5 Å². The van der Waals surface area contributed by atoms with Gasteiger partial charge in [0.25, 0.3) is 11.2 Å². The molecule has 49 heavy (non-hydrogen) atoms. The Balaban J connectivity index is 0.000000267. The van der Waals surface area contributed by atoms with Crippen LogP contribution < -0.4 is 10.6 Å². The number of hydrogen-bond donors (Lipinski definition) is 5. The summed E-state index contributed by atoms with van der Waals surface area (Å²) in [4.78, 5) is 67.1. The molecule has 4 aromatic rings. The van der Waals surface area contributed by atoms with Crippen molar-refractivity contribution < 1.29 is 44.4 Å². The zero-order valence-corrected chi connectivity index (χ0v) is 27.3. The molecule has 0 spiro atoms. The van der Waals surface area contributed by atoms with E-state index < -0.39 is 51.9 Å². The second-order valence-electron chi connectivity index (χ2n) is 11.4. The number of aryl methyl sites for hydroxylation is 3. The Labute approximate surface area is 283 Å². The lowest BCUT2D eigenvalue weighted by atomic mass is 9.73. The summed E-state index contributed by atoms with van der Waals surface area (Å²) in [6.45, 7) is 6.46. The molecule has 1 heterocycles. The van der Waals surface area contributed by atoms with Gasteiger partial charge >= 0.3 is 11.9 Å². The van der Waals surface area contributed by atoms with Crippen molar-refractivity contribution in [1.82, 2.24) is 4.98 Å². The fourth-order valence-electron chi connectivity index (χ4n) is 5.23. The second-order valence-corrected chi connectivity index (χ2v) is 11.4. The third-order valence-electron chi connectivity index (χ3n) is 7.81. The lowest BCUT2D eigenvalue weighted by Gasteiger charge is -2.34. The van der Waals surface area contributed by atoms with Gasteiger partial charge in [-0.25, -0.2) is 9.59 Å². The van der Waals surface area contributed by atoms with Crippen molar-refractivity contribution in [2.24, 2.45) is 5.73 Å². The number of anilines is 1. The number of para-hydroxylation sites is 1. The Kier molecular flexibility index (Phi) is 12.8. The SMILES string of the molecule is Cc1cccc(C)c1N(CCCc1cccnc1)C(=O)[C@@H](C)N.O=C(O)C(O)(C(=O)c1ccccc1)C(O)(C(=O)O)C(=O)c1ccccc1. The number of ketones is 2. The highest BCUT2D eigenvalue weighted by Gasteiger charge is 2.69. The molecule has 0 aliphatic carbocycles. The van der Waals surface area contributed by atoms with Crippen LogP contribution in [0.4, 0.5) is 5.69 Å². The van der Waals surface area contributed by atoms with E-state index >= 15 is 0 Å². The van der Waals surface area contributed by atoms with Gasteiger partial charge in [-0.1, -0.05) is 84.9 Å². The number of Topliss-reactive ketones (excluding diaryl/α,β-unsaturated/α-hetero) is 2. The van der Waals surface area contributed by atoms with Crippen molar-refractivity contribution in [3.05, 3.63) is 131 Å². The van der Waals surface area contributed by atoms with Crippen LogP contribution in [0.1, 0.15) is 50.8 Å². The monoisotopic (exact) mass is 669 g/mol. The highest BCUT2D eigenvalue weighted by molar-refractivity contribution is 6.28. The molecule has 3 aromatic carbocycles. The normalized spacial score (nSPS) is 13.8. The van der Waals surface area contributed by atoms with Gasteiger partial charge in [-0.2, -0.15) is 0 Å². The molecule has 0 aliphatic rings. The molecule has 12 heteroatoms. The van der Waals surface area contributed by atoms with Crippen molar-refractivity contribution in [2.45, 2.75) is 50.9 Å². The number of benzene rings is 3. The fourth-order valence-corrected chi connectivity index (χ4v) is 5.23. The zero-order valence-electron chi connectivity index (χ0n) is 27.3. The molecular weight excluding hydrogens is 630 g/mol. The average molecular weight is 670 g/mol. The van der Waals surface area contributed by atoms with E-state index in [1.807, 2.05) is 49.2 Å². The molecule has 0 saturated carbocycles. The molecule has 0 fully saturated rings. The number of carbonyl (C=O) groups is 5. The van der Waals surface area contributed by atoms with Gasteiger partial charge in [-0.15, -0.1) is 0 Å². The molecule has 0 radical (unpaired) electrons. The van der Waals surface area contributed by atoms with Gasteiger partial charge < -0.3 is 31.1 Å². The van der Waals surface area contributed by atoms with Crippen molar-refractivity contribution in [2.75, 3.05) is 11.4 Å². The average Bonchev–Trinajstić information content (AvgIpc) is 3.10. The highest BCUT2D eigenvalue weighted by Crippen LogP contribution is 2.32. The maximum atomic E-state index is 12.6. The standard InChI is InChI=1S/C19H25N3O.C18H14O8/c1-14-7-4-8-15(2)18(14)22(19(23)16(3)20)12-6-10-17-9-5-11-21-13-17;19-13(11-7-3-1-4-8-11)17(25,15(21)22)18(26,16(23)24)14(20)12-9-5-2-6-10-12/h4-5,7-9,11,13,16H,6,10,12,20H2,1-3H3;1-10,25-26H,(H,21,22)(H,23,24)/t16-;/m1./s1. The topological polar surface area (TPSA) is 208 Å². The number of aromatic nitrogens is 1. The van der Waals surface area contributed by atoms with E-state index in [9.17, 15) is 44.4 Å². The number of aliphatic carboxylic acids is 2. The maximum absolute atomic E-state index is 12.6. The third-order valence-corrected chi connectivity index (χ3v) is 7.81. The summed E-state index contributed by atoms with van der Waals surface area (Å²) in [5.74, 6) is -8.06. The van der Waals surface area contributed by atoms with E-state index in [1.54, 1.807) is 13.1 Å². The van der Waals surface area contributed by atoms with E-state index in [0.717, 1.165) is 53.9 Å². The Morgan fingerprint density at radius 3 is 1.59 bits per heavy atom. The minimum Gasteiger partial charge on any atom is -0.479 e. The number of carboxylic acid groups (broad SMARTS) is 2. The molecule has 256 valence electrons. The molecule has 1 aromatic heterocycles. The van der Waals surface area contributed by atoms with Crippen LogP contribution in [0, 0.1) is 13.8 Å². The van der Waals surface area contributed by atoms with Gasteiger partial charge in [0.05, 0.1) is 6.04 Å². The van der Waals surface area contributed by atoms with Crippen LogP contribution in [-0.2, 0) is 20.8 Å². The van der Waals surface area contributed by atoms with Crippen LogP contribution in [0.15, 0.2) is 103 Å². The number of nitrogens with zero attached hydrogens (tertiary/aromatic N) is 2. The lowest BCUT2D eigenvalue weighted by molar-refractivity contribution is -0.187. The molecule has 0 bridgehead atoms. The molecular formula is C37H39N3O9. The van der Waals surface area contributed by atoms with Crippen LogP contribution in [0.2, 0.25) is 0 Å². The van der Waals surface area contributed by atoms with Crippen LogP contribution >= 0.6 is 0 Å². The van der Waals surface area contributed by atoms with Crippen LogP contribution in [-0.4, -0.2) is 78.6 Å². The van der Waals surface area contributed by atoms with Crippen LogP contribution in [0.3, 0.4) is 0 Å². The van der Waals surface area contributed by atoms with Crippen LogP contribution in [0.5, 0.6) is 0 Å². The molecule has 4 rings (SSSR count). The minimum absolute atomic E-state index is 0.0337. The summed E-state index contributed by atoms with van der Waals surface area (Å²) >= 11 is 0. The first-order valence-electron chi connectivity index (χ1n) is 15.3. The molecule has 0 aliphatic heterocycles. The summed E-state index contributed by atoms with van der Waals surface area (Å²) in [6, 6.07) is 22.4. The first-order valence-corrected chi connectivity index (χ1v) is 15.3. The Morgan fingerprint density at radius 1 is 0.735 bits per heavy atom. The van der Waals surface area contributed by atoms with E-state index in [1.165, 1.54) is 42.0 Å². The summed E-state index contributed by atoms with van der Waals surface area (Å²) in [5.41, 5.74) is 1.54. The molecule has 12 nitrogen and oxygen atoms in total. The van der Waals surface area contributed by atoms with Crippen LogP contribution in [0.25, 0.3) is 0 Å². The quantitative estimate of drug-likeness (QED) is 0.103. The molecule has 1 amide bonds. The summed E-state index contributed by atoms with van der Waals surface area (Å²) in [5, 5.41) is 39.9. The largest absolute Gasteiger partial charge is 0.479 e. The fraction of sp³-hybridized carbons (Fsp3) is 0.243. The van der Waals surface area contributed by atoms with E-state index in [2.05, 4.69) is 11.1 Å². The van der Waals surface area contributed by atoms with Crippen molar-refractivity contribution >= 4 is 35.1 Å². The number of carboxylic acids is 2. The number of hydrogen-bond acceptors (Lipinski definition) is 9. The van der Waals surface area contributed by atoms with E-state index in [-0.39, 0.29) is 5.91 Å². The van der Waals surface area contributed by atoms with Gasteiger partial charge in [-0.05, 0) is 56.4 Å². The van der Waals surface area contributed by atoms with E-state index in [4.69, 9.17) is 5.73 Å². The second kappa shape index (κ2) is 16.5. The molecule has 3 atom stereocenters. The number of carbonyl (C=O) groups excluding carboxylic acids is 3. The van der Waals surface area contributed by atoms with Gasteiger partial charge in [0.15, 0.2) is 0 Å². The van der Waals surface area contributed by atoms with Gasteiger partial charge in [0.1, 0.15) is 0 Å². The molecule has 2 unspecified atom stereocenters. The minimum atomic E-state index is -3.95. The Bertz CT molecular complexity index is 1690. The third kappa shape index (κ3) is 8.30. The number of rotatable bonds is 13. The number of nitrogens with two attached hydrogens (primary N) is 1. The molecule has 6 N–H and O–H groups in total. The van der Waals surface area contributed by atoms with Crippen molar-refractivity contribution in [3.8, 4) is 0 Å². The highest BCUT2D eigenvalue weighted by atomic mass is 16.5. The van der Waals surface area contributed by atoms with Gasteiger partial charge in [-0.3, -0.25) is 19.4 Å². The van der Waals surface area contributed by atoms with Crippen molar-refractivity contribution in [1.29, 1.82) is 0 Å². The number of aliphatic hydroxyl groups is 2. The lowest BCUT2D eigenvalue weighted by Crippen LogP contribution is -2.71. The summed E-state index contributed by atoms with van der Waals surface area (Å²) in [7, 11) is 0. The zero-order chi connectivity index (χ0) is 36.4. The number of amides is 1. The smallest absolute Gasteiger partial charge is 0.348 e. The Hall–Kier alpha value is -5.56. The van der Waals surface area contributed by atoms with Crippen molar-refractivity contribution in [3.63, 3.8) is 0 Å². The van der Waals surface area contributed by atoms with E-state index in [0.29, 0.717) is 6.54 Å². The summed E-state index contributed by atoms with van der Waals surface area (Å²) < 4.78 is 0. The molecule has 0 saturated heterocycles. The summed E-state index contributed by atoms with van der Waals surface area (Å²) in [6.07, 6.45) is 5.41.